The Morgan fingerprint density at radius 1 is 1.42 bits per heavy atom. The van der Waals surface area contributed by atoms with Crippen molar-refractivity contribution in [1.82, 2.24) is 9.78 Å². The van der Waals surface area contributed by atoms with Gasteiger partial charge in [0, 0.05) is 19.3 Å². The highest BCUT2D eigenvalue weighted by molar-refractivity contribution is 6.05. The van der Waals surface area contributed by atoms with Gasteiger partial charge in [0.1, 0.15) is 5.69 Å². The van der Waals surface area contributed by atoms with E-state index in [-0.39, 0.29) is 11.4 Å². The molecule has 19 heavy (non-hydrogen) atoms. The largest absolute Gasteiger partial charge is 0.316 e. The summed E-state index contributed by atoms with van der Waals surface area (Å²) in [5.41, 5.74) is 0.984. The normalized spacial score (nSPS) is 10.2. The number of aromatic nitrogens is 2. The van der Waals surface area contributed by atoms with E-state index >= 15 is 0 Å². The van der Waals surface area contributed by atoms with Crippen molar-refractivity contribution in [2.24, 2.45) is 7.05 Å². The number of nitro benzene ring substituents is 1. The smallest absolute Gasteiger partial charge is 0.292 e. The molecule has 0 aliphatic carbocycles. The maximum Gasteiger partial charge on any atom is 0.292 e. The number of anilines is 1. The lowest BCUT2D eigenvalue weighted by molar-refractivity contribution is -0.383. The lowest BCUT2D eigenvalue weighted by Crippen LogP contribution is -2.13. The molecule has 0 saturated carbocycles. The Morgan fingerprint density at radius 2 is 2.11 bits per heavy atom. The van der Waals surface area contributed by atoms with Gasteiger partial charge in [0.25, 0.3) is 11.6 Å². The highest BCUT2D eigenvalue weighted by Crippen LogP contribution is 2.23. The van der Waals surface area contributed by atoms with E-state index in [9.17, 15) is 14.9 Å². The molecule has 0 spiro atoms. The number of rotatable bonds is 3. The quantitative estimate of drug-likeness (QED) is 0.674. The molecule has 0 atom stereocenters. The summed E-state index contributed by atoms with van der Waals surface area (Å²) in [6.45, 7) is 1.70. The summed E-state index contributed by atoms with van der Waals surface area (Å²) in [6, 6.07) is 6.00. The molecule has 1 amide bonds. The van der Waals surface area contributed by atoms with Crippen LogP contribution in [0.3, 0.4) is 0 Å². The van der Waals surface area contributed by atoms with Crippen molar-refractivity contribution < 1.29 is 9.72 Å². The zero-order chi connectivity index (χ0) is 14.0. The van der Waals surface area contributed by atoms with Gasteiger partial charge in [-0.3, -0.25) is 19.6 Å². The Kier molecular flexibility index (Phi) is 3.28. The number of carbonyl (C=O) groups is 1. The number of benzene rings is 1. The van der Waals surface area contributed by atoms with Gasteiger partial charge in [-0.1, -0.05) is 12.1 Å². The Balaban J connectivity index is 2.29. The van der Waals surface area contributed by atoms with Crippen LogP contribution in [0.2, 0.25) is 0 Å². The summed E-state index contributed by atoms with van der Waals surface area (Å²) in [5.74, 6) is -0.417. The molecular weight excluding hydrogens is 248 g/mol. The van der Waals surface area contributed by atoms with Gasteiger partial charge in [-0.25, -0.2) is 0 Å². The van der Waals surface area contributed by atoms with E-state index < -0.39 is 10.8 Å². The molecule has 0 aliphatic rings. The second kappa shape index (κ2) is 4.89. The van der Waals surface area contributed by atoms with Crippen LogP contribution in [-0.4, -0.2) is 20.6 Å². The molecule has 1 N–H and O–H groups in total. The number of para-hydroxylation sites is 2. The minimum Gasteiger partial charge on any atom is -0.316 e. The van der Waals surface area contributed by atoms with Gasteiger partial charge in [0.05, 0.1) is 16.2 Å². The fourth-order valence-corrected chi connectivity index (χ4v) is 1.75. The van der Waals surface area contributed by atoms with Gasteiger partial charge in [0.15, 0.2) is 0 Å². The number of nitrogens with one attached hydrogen (secondary N) is 1. The van der Waals surface area contributed by atoms with Crippen LogP contribution in [0.5, 0.6) is 0 Å². The average Bonchev–Trinajstić information content (AvgIpc) is 2.69. The maximum atomic E-state index is 12.0. The van der Waals surface area contributed by atoms with Gasteiger partial charge < -0.3 is 5.32 Å². The van der Waals surface area contributed by atoms with Crippen LogP contribution in [0.25, 0.3) is 0 Å². The summed E-state index contributed by atoms with van der Waals surface area (Å²) in [7, 11) is 1.70. The van der Waals surface area contributed by atoms with Crippen molar-refractivity contribution in [3.63, 3.8) is 0 Å². The number of nitrogens with zero attached hydrogens (tertiary/aromatic N) is 3. The van der Waals surface area contributed by atoms with Crippen LogP contribution < -0.4 is 5.32 Å². The second-order valence-corrected chi connectivity index (χ2v) is 4.03. The van der Waals surface area contributed by atoms with Crippen molar-refractivity contribution in [1.29, 1.82) is 0 Å². The third-order valence-electron chi connectivity index (χ3n) is 2.61. The predicted octanol–water partition coefficient (Wildman–Crippen LogP) is 1.89. The molecule has 1 aromatic heterocycles. The van der Waals surface area contributed by atoms with Crippen LogP contribution in [-0.2, 0) is 7.05 Å². The monoisotopic (exact) mass is 260 g/mol. The number of hydrogen-bond donors (Lipinski definition) is 1. The van der Waals surface area contributed by atoms with Gasteiger partial charge in [0.2, 0.25) is 0 Å². The van der Waals surface area contributed by atoms with Gasteiger partial charge in [-0.15, -0.1) is 0 Å². The van der Waals surface area contributed by atoms with Gasteiger partial charge in [-0.2, -0.15) is 5.10 Å². The number of nitro groups is 1. The summed E-state index contributed by atoms with van der Waals surface area (Å²) in [5, 5.41) is 17.4. The lowest BCUT2D eigenvalue weighted by Gasteiger charge is -2.04. The van der Waals surface area contributed by atoms with Gasteiger partial charge >= 0.3 is 0 Å². The van der Waals surface area contributed by atoms with Crippen LogP contribution >= 0.6 is 0 Å². The minimum atomic E-state index is -0.536. The van der Waals surface area contributed by atoms with E-state index in [1.165, 1.54) is 16.8 Å². The Bertz CT molecular complexity index is 648. The zero-order valence-electron chi connectivity index (χ0n) is 10.5. The first-order chi connectivity index (χ1) is 8.99. The molecule has 0 bridgehead atoms. The molecule has 2 aromatic rings. The topological polar surface area (TPSA) is 90.1 Å². The summed E-state index contributed by atoms with van der Waals surface area (Å²) in [6.07, 6.45) is 1.57. The molecule has 1 aromatic carbocycles. The molecule has 7 heteroatoms. The molecule has 98 valence electrons. The first-order valence-electron chi connectivity index (χ1n) is 5.54. The van der Waals surface area contributed by atoms with Crippen molar-refractivity contribution in [3.8, 4) is 0 Å². The molecule has 2 rings (SSSR count). The lowest BCUT2D eigenvalue weighted by atomic mass is 10.2. The van der Waals surface area contributed by atoms with Crippen LogP contribution in [0, 0.1) is 17.0 Å². The highest BCUT2D eigenvalue weighted by atomic mass is 16.6. The van der Waals surface area contributed by atoms with Crippen LogP contribution in [0.15, 0.2) is 30.5 Å². The minimum absolute atomic E-state index is 0.141. The van der Waals surface area contributed by atoms with E-state index in [0.29, 0.717) is 11.3 Å². The van der Waals surface area contributed by atoms with Crippen molar-refractivity contribution >= 4 is 17.3 Å². The SMILES string of the molecule is Cc1nn(C)cc1C(=O)Nc1ccccc1[N+](=O)[O-]. The van der Waals surface area contributed by atoms with Crippen molar-refractivity contribution in [3.05, 3.63) is 51.8 Å². The average molecular weight is 260 g/mol. The van der Waals surface area contributed by atoms with E-state index in [1.807, 2.05) is 0 Å². The molecule has 1 heterocycles. The number of carbonyl (C=O) groups excluding carboxylic acids is 1. The van der Waals surface area contributed by atoms with Crippen LogP contribution in [0.1, 0.15) is 16.1 Å². The first kappa shape index (κ1) is 12.7. The van der Waals surface area contributed by atoms with E-state index in [4.69, 9.17) is 0 Å². The molecule has 0 fully saturated rings. The van der Waals surface area contributed by atoms with Crippen molar-refractivity contribution in [2.75, 3.05) is 5.32 Å². The Labute approximate surface area is 109 Å². The summed E-state index contributed by atoms with van der Waals surface area (Å²) >= 11 is 0. The first-order valence-corrected chi connectivity index (χ1v) is 5.54. The molecule has 0 radical (unpaired) electrons. The molecule has 0 saturated heterocycles. The fourth-order valence-electron chi connectivity index (χ4n) is 1.75. The molecule has 0 unspecified atom stereocenters. The third-order valence-corrected chi connectivity index (χ3v) is 2.61. The standard InChI is InChI=1S/C12H12N4O3/c1-8-9(7-15(2)14-8)12(17)13-10-5-3-4-6-11(10)16(18)19/h3-7H,1-2H3,(H,13,17). The number of amides is 1. The van der Waals surface area contributed by atoms with E-state index in [1.54, 1.807) is 32.3 Å². The van der Waals surface area contributed by atoms with E-state index in [0.717, 1.165) is 0 Å². The van der Waals surface area contributed by atoms with Crippen LogP contribution in [0.4, 0.5) is 11.4 Å². The number of aryl methyl sites for hydroxylation is 2. The van der Waals surface area contributed by atoms with Crippen molar-refractivity contribution in [2.45, 2.75) is 6.92 Å². The Hall–Kier alpha value is -2.70. The fraction of sp³-hybridized carbons (Fsp3) is 0.167. The molecule has 7 nitrogen and oxygen atoms in total. The van der Waals surface area contributed by atoms with Gasteiger partial charge in [-0.05, 0) is 13.0 Å². The van der Waals surface area contributed by atoms with E-state index in [2.05, 4.69) is 10.4 Å². The molecular formula is C12H12N4O3. The zero-order valence-corrected chi connectivity index (χ0v) is 10.5. The highest BCUT2D eigenvalue weighted by Gasteiger charge is 2.18. The number of hydrogen-bond acceptors (Lipinski definition) is 4. The molecule has 0 aliphatic heterocycles. The summed E-state index contributed by atoms with van der Waals surface area (Å²) < 4.78 is 1.52. The maximum absolute atomic E-state index is 12.0. The second-order valence-electron chi connectivity index (χ2n) is 4.03. The third kappa shape index (κ3) is 2.59. The Morgan fingerprint density at radius 3 is 2.68 bits per heavy atom. The predicted molar refractivity (Wildman–Crippen MR) is 69.0 cm³/mol. The summed E-state index contributed by atoms with van der Waals surface area (Å²) in [4.78, 5) is 22.3.